The highest BCUT2D eigenvalue weighted by Gasteiger charge is 2.72. The second-order valence-electron chi connectivity index (χ2n) is 17.4. The first-order valence-electron chi connectivity index (χ1n) is 17.5. The normalized spacial score (nSPS) is 49.5. The van der Waals surface area contributed by atoms with Gasteiger partial charge in [0, 0.05) is 18.5 Å². The Morgan fingerprint density at radius 1 is 0.911 bits per heavy atom. The van der Waals surface area contributed by atoms with Crippen LogP contribution in [0.1, 0.15) is 113 Å². The summed E-state index contributed by atoms with van der Waals surface area (Å²) in [5.41, 5.74) is -1.76. The topological polar surface area (TPSA) is 121 Å². The number of rotatable bonds is 5. The van der Waals surface area contributed by atoms with E-state index in [4.69, 9.17) is 4.74 Å². The summed E-state index contributed by atoms with van der Waals surface area (Å²) in [6.45, 7) is 16.3. The van der Waals surface area contributed by atoms with Crippen LogP contribution in [0, 0.1) is 56.2 Å². The van der Waals surface area contributed by atoms with E-state index < -0.39 is 28.2 Å². The van der Waals surface area contributed by atoms with E-state index in [1.54, 1.807) is 0 Å². The van der Waals surface area contributed by atoms with Crippen LogP contribution in [0.5, 0.6) is 0 Å². The van der Waals surface area contributed by atoms with Crippen LogP contribution in [0.25, 0.3) is 0 Å². The molecule has 0 amide bonds. The van der Waals surface area contributed by atoms with Gasteiger partial charge in [-0.1, -0.05) is 33.3 Å². The van der Waals surface area contributed by atoms with Gasteiger partial charge in [0.15, 0.2) is 5.78 Å². The highest BCUT2D eigenvalue weighted by atomic mass is 16.5. The Morgan fingerprint density at radius 3 is 2.24 bits per heavy atom. The minimum absolute atomic E-state index is 0.0119. The number of carbonyl (C=O) groups excluding carboxylic acids is 2. The van der Waals surface area contributed by atoms with Crippen LogP contribution < -0.4 is 0 Å². The van der Waals surface area contributed by atoms with Gasteiger partial charge in [-0.3, -0.25) is 24.1 Å². The predicted octanol–water partition coefficient (Wildman–Crippen LogP) is 6.37. The Labute approximate surface area is 268 Å². The molecule has 250 valence electrons. The molecule has 8 nitrogen and oxygen atoms in total. The zero-order valence-corrected chi connectivity index (χ0v) is 28.5. The average molecular weight is 626 g/mol. The number of hydrogen-bond acceptors (Lipinski definition) is 6. The molecular weight excluding hydrogens is 570 g/mol. The van der Waals surface area contributed by atoms with Gasteiger partial charge in [0.05, 0.1) is 23.4 Å². The van der Waals surface area contributed by atoms with Crippen molar-refractivity contribution >= 4 is 23.7 Å². The molecule has 1 saturated heterocycles. The second-order valence-corrected chi connectivity index (χ2v) is 17.4. The van der Waals surface area contributed by atoms with Crippen molar-refractivity contribution < 1.29 is 34.1 Å². The lowest BCUT2D eigenvalue weighted by Gasteiger charge is -2.70. The van der Waals surface area contributed by atoms with E-state index in [0.717, 1.165) is 38.5 Å². The van der Waals surface area contributed by atoms with Gasteiger partial charge in [0.2, 0.25) is 0 Å². The van der Waals surface area contributed by atoms with Gasteiger partial charge < -0.3 is 14.9 Å². The molecule has 0 bridgehead atoms. The van der Waals surface area contributed by atoms with Gasteiger partial charge in [0.1, 0.15) is 0 Å². The number of likely N-dealkylation sites (tertiary alicyclic amines) is 1. The number of aliphatic carboxylic acids is 2. The van der Waals surface area contributed by atoms with Crippen LogP contribution in [-0.2, 0) is 23.9 Å². The molecule has 8 heteroatoms. The Balaban J connectivity index is 1.36. The van der Waals surface area contributed by atoms with Gasteiger partial charge in [-0.15, -0.1) is 0 Å². The Kier molecular flexibility index (Phi) is 7.55. The van der Waals surface area contributed by atoms with Crippen LogP contribution in [0.2, 0.25) is 0 Å². The summed E-state index contributed by atoms with van der Waals surface area (Å²) in [4.78, 5) is 55.3. The van der Waals surface area contributed by atoms with Crippen LogP contribution >= 0.6 is 0 Å². The lowest BCUT2D eigenvalue weighted by molar-refractivity contribution is -0.208. The maximum atomic E-state index is 14.7. The summed E-state index contributed by atoms with van der Waals surface area (Å²) >= 11 is 0. The van der Waals surface area contributed by atoms with Crippen molar-refractivity contribution in [3.8, 4) is 0 Å². The Morgan fingerprint density at radius 2 is 1.60 bits per heavy atom. The van der Waals surface area contributed by atoms with Gasteiger partial charge in [-0.25, -0.2) is 0 Å². The van der Waals surface area contributed by atoms with Crippen molar-refractivity contribution in [1.82, 2.24) is 4.90 Å². The minimum Gasteiger partial charge on any atom is -0.481 e. The van der Waals surface area contributed by atoms with Crippen molar-refractivity contribution in [2.45, 2.75) is 119 Å². The molecule has 6 rings (SSSR count). The Hall–Kier alpha value is -2.22. The van der Waals surface area contributed by atoms with E-state index in [9.17, 15) is 29.4 Å². The molecule has 0 aromatic carbocycles. The van der Waals surface area contributed by atoms with Gasteiger partial charge >= 0.3 is 17.9 Å². The van der Waals surface area contributed by atoms with Crippen molar-refractivity contribution in [2.75, 3.05) is 19.7 Å². The number of nitrogens with zero attached hydrogens (tertiary/aromatic N) is 1. The zero-order valence-electron chi connectivity index (χ0n) is 28.5. The maximum absolute atomic E-state index is 14.7. The third-order valence-corrected chi connectivity index (χ3v) is 15.5. The number of ketones is 1. The molecule has 1 aliphatic heterocycles. The first kappa shape index (κ1) is 32.7. The summed E-state index contributed by atoms with van der Waals surface area (Å²) in [5.74, 6) is -2.26. The average Bonchev–Trinajstić information content (AvgIpc) is 3.45. The Bertz CT molecular complexity index is 1340. The third kappa shape index (κ3) is 4.32. The number of carboxylic acids is 2. The minimum atomic E-state index is -1.05. The quantitative estimate of drug-likeness (QED) is 0.338. The summed E-state index contributed by atoms with van der Waals surface area (Å²) < 4.78 is 5.31. The first-order valence-corrected chi connectivity index (χ1v) is 17.5. The van der Waals surface area contributed by atoms with Crippen LogP contribution in [0.15, 0.2) is 11.6 Å². The van der Waals surface area contributed by atoms with Crippen molar-refractivity contribution in [3.05, 3.63) is 11.6 Å². The smallest absolute Gasteiger partial charge is 0.311 e. The zero-order chi connectivity index (χ0) is 33.0. The molecule has 0 radical (unpaired) electrons. The molecule has 0 aromatic rings. The number of allylic oxidation sites excluding steroid dienone is 2. The lowest BCUT2D eigenvalue weighted by Crippen LogP contribution is -2.69. The van der Waals surface area contributed by atoms with E-state index in [1.165, 1.54) is 5.57 Å². The van der Waals surface area contributed by atoms with E-state index in [-0.39, 0.29) is 57.7 Å². The van der Waals surface area contributed by atoms with Gasteiger partial charge in [-0.05, 0) is 131 Å². The highest BCUT2D eigenvalue weighted by Crippen LogP contribution is 2.75. The van der Waals surface area contributed by atoms with Crippen molar-refractivity contribution in [3.63, 3.8) is 0 Å². The van der Waals surface area contributed by atoms with E-state index in [2.05, 4.69) is 32.6 Å². The van der Waals surface area contributed by atoms with Gasteiger partial charge in [0.25, 0.3) is 0 Å². The van der Waals surface area contributed by atoms with Crippen LogP contribution in [0.4, 0.5) is 0 Å². The largest absolute Gasteiger partial charge is 0.481 e. The summed E-state index contributed by atoms with van der Waals surface area (Å²) in [7, 11) is 0. The predicted molar refractivity (Wildman–Crippen MR) is 169 cm³/mol. The third-order valence-electron chi connectivity index (χ3n) is 15.5. The van der Waals surface area contributed by atoms with Crippen molar-refractivity contribution in [1.29, 1.82) is 0 Å². The molecule has 0 unspecified atom stereocenters. The van der Waals surface area contributed by atoms with Crippen molar-refractivity contribution in [2.24, 2.45) is 56.2 Å². The number of fused-ring (bicyclic) bond motifs is 7. The van der Waals surface area contributed by atoms with E-state index in [0.29, 0.717) is 45.4 Å². The number of ether oxygens (including phenoxy) is 1. The fraction of sp³-hybridized carbons (Fsp3) is 0.838. The number of carbonyl (C=O) groups is 4. The molecule has 5 aliphatic carbocycles. The molecule has 2 N–H and O–H groups in total. The monoisotopic (exact) mass is 625 g/mol. The molecule has 1 heterocycles. The molecule has 5 fully saturated rings. The fourth-order valence-corrected chi connectivity index (χ4v) is 12.4. The standard InChI is InChI=1S/C37H55NO7/c1-8-45-29(40)22-11-18-38(21-22)27-10-12-34(4)26(37(27,7)31(43)44)9-13-36(6)28(34)25(39)19-23-24-20-33(3,30(41)42)15-14-32(24,2)16-17-35(23,36)5/h19,22,24,26-28H,8-18,20-21H2,1-7H3,(H,41,42)(H,43,44)/t22-,24+,26-,27+,28-,32-,33+,34+,35-,36-,37+/m1/s1. The van der Waals surface area contributed by atoms with E-state index in [1.807, 2.05) is 26.8 Å². The highest BCUT2D eigenvalue weighted by molar-refractivity contribution is 5.96. The molecule has 0 aromatic heterocycles. The van der Waals surface area contributed by atoms with E-state index >= 15 is 0 Å². The molecule has 6 aliphatic rings. The SMILES string of the molecule is CCOC(=O)[C@@H]1CCN([C@H]2CC[C@@]3(C)[C@@H](CC[C@]4(C)[C@@H]3C(=O)C=C3[C@@H]5C[C@@](C)(C(=O)O)CC[C@]5(C)CC[C@]34C)[C@]2(C)C(=O)O)C1. The molecule has 4 saturated carbocycles. The van der Waals surface area contributed by atoms with Crippen LogP contribution in [-0.4, -0.2) is 64.5 Å². The van der Waals surface area contributed by atoms with Crippen LogP contribution in [0.3, 0.4) is 0 Å². The fourth-order valence-electron chi connectivity index (χ4n) is 12.4. The molecule has 0 spiro atoms. The number of esters is 1. The summed E-state index contributed by atoms with van der Waals surface area (Å²) in [6, 6.07) is -0.205. The lowest BCUT2D eigenvalue weighted by atomic mass is 9.33. The van der Waals surface area contributed by atoms with Gasteiger partial charge in [-0.2, -0.15) is 0 Å². The number of carboxylic acid groups (broad SMARTS) is 2. The second kappa shape index (κ2) is 10.4. The molecule has 45 heavy (non-hydrogen) atoms. The first-order chi connectivity index (χ1) is 20.9. The number of hydrogen-bond donors (Lipinski definition) is 2. The summed E-state index contributed by atoms with van der Waals surface area (Å²) in [6.07, 6.45) is 9.65. The maximum Gasteiger partial charge on any atom is 0.311 e. The molecular formula is C37H55NO7. The summed E-state index contributed by atoms with van der Waals surface area (Å²) in [5, 5.41) is 21.2. The molecule has 11 atom stereocenters.